The zero-order valence-electron chi connectivity index (χ0n) is 13.5. The molecule has 0 spiro atoms. The van der Waals surface area contributed by atoms with Crippen LogP contribution in [0.15, 0.2) is 24.3 Å². The van der Waals surface area contributed by atoms with E-state index in [1.807, 2.05) is 19.9 Å². The highest BCUT2D eigenvalue weighted by Gasteiger charge is 2.43. The van der Waals surface area contributed by atoms with Crippen LogP contribution in [0, 0.1) is 0 Å². The number of aliphatic hydroxyl groups excluding tert-OH is 3. The molecule has 3 heterocycles. The van der Waals surface area contributed by atoms with Crippen LogP contribution in [0.5, 0.6) is 0 Å². The van der Waals surface area contributed by atoms with Crippen molar-refractivity contribution in [1.82, 2.24) is 19.5 Å². The predicted molar refractivity (Wildman–Crippen MR) is 86.3 cm³/mol. The van der Waals surface area contributed by atoms with Crippen LogP contribution in [-0.2, 0) is 4.74 Å². The molecule has 9 nitrogen and oxygen atoms in total. The summed E-state index contributed by atoms with van der Waals surface area (Å²) in [6.45, 7) is 4.24. The molecule has 4 atom stereocenters. The van der Waals surface area contributed by atoms with Gasteiger partial charge in [-0.25, -0.2) is 15.0 Å². The summed E-state index contributed by atoms with van der Waals surface area (Å²) in [5.74, 6) is 0.572. The van der Waals surface area contributed by atoms with E-state index in [-0.39, 0.29) is 6.61 Å². The van der Waals surface area contributed by atoms with Gasteiger partial charge in [-0.2, -0.15) is 0 Å². The molecular formula is C15H21N5O4. The smallest absolute Gasteiger partial charge is 0.167 e. The first-order valence-electron chi connectivity index (χ1n) is 7.70. The number of allylic oxidation sites excluding steroid dienone is 1. The van der Waals surface area contributed by atoms with Crippen LogP contribution in [0.2, 0.25) is 0 Å². The van der Waals surface area contributed by atoms with Crippen LogP contribution in [0.25, 0.3) is 11.2 Å². The fourth-order valence-electron chi connectivity index (χ4n) is 2.63. The van der Waals surface area contributed by atoms with Crippen molar-refractivity contribution in [3.8, 4) is 0 Å². The number of hydrogen-bond donors (Lipinski definition) is 4. The van der Waals surface area contributed by atoms with E-state index in [0.717, 1.165) is 0 Å². The standard InChI is InChI=1S/C15H21N5O4/c1-8(2)3-4-16-13-10-14(18-6-17-13)20(7-19-10)15-12(23)11(22)9(5-21)24-15/h3,6-7,9,11-12,15,21-23H,4-5H2,1-2H3,(H,16,17,18)/t9-,11+,12-,15+/m0/s1. The Balaban J connectivity index is 1.90. The van der Waals surface area contributed by atoms with Gasteiger partial charge in [0.2, 0.25) is 0 Å². The summed E-state index contributed by atoms with van der Waals surface area (Å²) < 4.78 is 7.06. The van der Waals surface area contributed by atoms with Gasteiger partial charge in [0.1, 0.15) is 24.6 Å². The Morgan fingerprint density at radius 2 is 2.08 bits per heavy atom. The van der Waals surface area contributed by atoms with E-state index >= 15 is 0 Å². The fourth-order valence-corrected chi connectivity index (χ4v) is 2.63. The normalized spacial score (nSPS) is 26.7. The number of nitrogens with one attached hydrogen (secondary N) is 1. The molecule has 2 aromatic rings. The highest BCUT2D eigenvalue weighted by molar-refractivity contribution is 5.82. The van der Waals surface area contributed by atoms with Crippen LogP contribution in [-0.4, -0.2) is 66.3 Å². The van der Waals surface area contributed by atoms with Crippen molar-refractivity contribution < 1.29 is 20.1 Å². The van der Waals surface area contributed by atoms with Crippen molar-refractivity contribution >= 4 is 17.0 Å². The maximum Gasteiger partial charge on any atom is 0.167 e. The molecule has 0 aliphatic carbocycles. The second-order valence-corrected chi connectivity index (χ2v) is 5.94. The van der Waals surface area contributed by atoms with E-state index in [4.69, 9.17) is 4.74 Å². The third-order valence-corrected chi connectivity index (χ3v) is 3.93. The average molecular weight is 335 g/mol. The molecule has 0 unspecified atom stereocenters. The second-order valence-electron chi connectivity index (χ2n) is 5.94. The lowest BCUT2D eigenvalue weighted by atomic mass is 10.1. The summed E-state index contributed by atoms with van der Waals surface area (Å²) in [6.07, 6.45) is 0.823. The fraction of sp³-hybridized carbons (Fsp3) is 0.533. The lowest BCUT2D eigenvalue weighted by Gasteiger charge is -2.16. The molecule has 0 radical (unpaired) electrons. The van der Waals surface area contributed by atoms with Gasteiger partial charge >= 0.3 is 0 Å². The van der Waals surface area contributed by atoms with E-state index in [1.165, 1.54) is 22.8 Å². The van der Waals surface area contributed by atoms with E-state index in [1.54, 1.807) is 0 Å². The molecule has 1 aliphatic heterocycles. The zero-order valence-corrected chi connectivity index (χ0v) is 13.5. The van der Waals surface area contributed by atoms with Gasteiger partial charge in [0.25, 0.3) is 0 Å². The van der Waals surface area contributed by atoms with E-state index < -0.39 is 24.5 Å². The summed E-state index contributed by atoms with van der Waals surface area (Å²) in [7, 11) is 0. The summed E-state index contributed by atoms with van der Waals surface area (Å²) in [6, 6.07) is 0. The maximum atomic E-state index is 10.2. The molecule has 0 amide bonds. The topological polar surface area (TPSA) is 126 Å². The number of fused-ring (bicyclic) bond motifs is 1. The van der Waals surface area contributed by atoms with Crippen LogP contribution >= 0.6 is 0 Å². The molecule has 1 aliphatic rings. The molecule has 0 saturated carbocycles. The van der Waals surface area contributed by atoms with Crippen molar-refractivity contribution in [2.75, 3.05) is 18.5 Å². The average Bonchev–Trinajstić information content (AvgIpc) is 3.10. The van der Waals surface area contributed by atoms with E-state index in [0.29, 0.717) is 23.5 Å². The van der Waals surface area contributed by atoms with Gasteiger partial charge in [-0.1, -0.05) is 11.6 Å². The maximum absolute atomic E-state index is 10.2. The predicted octanol–water partition coefficient (Wildman–Crippen LogP) is -0.184. The van der Waals surface area contributed by atoms with Crippen molar-refractivity contribution in [3.63, 3.8) is 0 Å². The van der Waals surface area contributed by atoms with Crippen LogP contribution in [0.1, 0.15) is 20.1 Å². The molecule has 0 aromatic carbocycles. The summed E-state index contributed by atoms with van der Waals surface area (Å²) >= 11 is 0. The first-order valence-corrected chi connectivity index (χ1v) is 7.70. The second kappa shape index (κ2) is 6.81. The number of imidazole rings is 1. The highest BCUT2D eigenvalue weighted by Crippen LogP contribution is 2.31. The minimum atomic E-state index is -1.18. The van der Waals surface area contributed by atoms with Gasteiger partial charge in [0.15, 0.2) is 23.2 Å². The van der Waals surface area contributed by atoms with Crippen molar-refractivity contribution in [1.29, 1.82) is 0 Å². The molecule has 130 valence electrons. The highest BCUT2D eigenvalue weighted by atomic mass is 16.6. The SMILES string of the molecule is CC(C)=CCNc1ncnc2c1ncn2[C@@H]1O[C@@H](CO)[C@@H](O)[C@@H]1O. The third kappa shape index (κ3) is 2.98. The molecule has 0 bridgehead atoms. The summed E-state index contributed by atoms with van der Waals surface area (Å²) in [5, 5.41) is 32.4. The van der Waals surface area contributed by atoms with Gasteiger partial charge < -0.3 is 25.4 Å². The molecular weight excluding hydrogens is 314 g/mol. The molecule has 4 N–H and O–H groups in total. The first-order chi connectivity index (χ1) is 11.5. The third-order valence-electron chi connectivity index (χ3n) is 3.93. The molecule has 1 fully saturated rings. The van der Waals surface area contributed by atoms with Crippen LogP contribution in [0.3, 0.4) is 0 Å². The zero-order chi connectivity index (χ0) is 17.3. The van der Waals surface area contributed by atoms with Gasteiger partial charge in [-0.15, -0.1) is 0 Å². The van der Waals surface area contributed by atoms with Crippen molar-refractivity contribution in [2.24, 2.45) is 0 Å². The molecule has 2 aromatic heterocycles. The Bertz CT molecular complexity index is 743. The molecule has 1 saturated heterocycles. The lowest BCUT2D eigenvalue weighted by molar-refractivity contribution is -0.0511. The Morgan fingerprint density at radius 1 is 1.29 bits per heavy atom. The summed E-state index contributed by atoms with van der Waals surface area (Å²) in [5.41, 5.74) is 2.20. The van der Waals surface area contributed by atoms with Crippen molar-refractivity contribution in [3.05, 3.63) is 24.3 Å². The number of anilines is 1. The Kier molecular flexibility index (Phi) is 4.76. The largest absolute Gasteiger partial charge is 0.394 e. The van der Waals surface area contributed by atoms with E-state index in [9.17, 15) is 15.3 Å². The molecule has 3 rings (SSSR count). The van der Waals surface area contributed by atoms with Crippen LogP contribution in [0.4, 0.5) is 5.82 Å². The number of hydrogen-bond acceptors (Lipinski definition) is 8. The first kappa shape index (κ1) is 16.8. The number of nitrogens with zero attached hydrogens (tertiary/aromatic N) is 4. The molecule has 24 heavy (non-hydrogen) atoms. The van der Waals surface area contributed by atoms with Gasteiger partial charge in [-0.05, 0) is 13.8 Å². The number of aliphatic hydroxyl groups is 3. The van der Waals surface area contributed by atoms with Gasteiger partial charge in [0, 0.05) is 6.54 Å². The Labute approximate surface area is 138 Å². The Morgan fingerprint density at radius 3 is 2.75 bits per heavy atom. The van der Waals surface area contributed by atoms with Crippen LogP contribution < -0.4 is 5.32 Å². The molecule has 9 heteroatoms. The number of aromatic nitrogens is 4. The monoisotopic (exact) mass is 335 g/mol. The van der Waals surface area contributed by atoms with E-state index in [2.05, 4.69) is 20.3 Å². The van der Waals surface area contributed by atoms with Crippen molar-refractivity contribution in [2.45, 2.75) is 38.4 Å². The quantitative estimate of drug-likeness (QED) is 0.554. The summed E-state index contributed by atoms with van der Waals surface area (Å²) in [4.78, 5) is 12.7. The van der Waals surface area contributed by atoms with Gasteiger partial charge in [0.05, 0.1) is 12.9 Å². The lowest BCUT2D eigenvalue weighted by Crippen LogP contribution is -2.33. The minimum absolute atomic E-state index is 0.383. The Hall–Kier alpha value is -2.07. The number of ether oxygens (including phenoxy) is 1. The minimum Gasteiger partial charge on any atom is -0.394 e. The number of rotatable bonds is 5. The van der Waals surface area contributed by atoms with Gasteiger partial charge in [-0.3, -0.25) is 4.57 Å².